The summed E-state index contributed by atoms with van der Waals surface area (Å²) in [7, 11) is 1.85. The molecule has 0 unspecified atom stereocenters. The lowest BCUT2D eigenvalue weighted by Crippen LogP contribution is -1.93. The minimum Gasteiger partial charge on any atom is -0.478 e. The maximum atomic E-state index is 11.0. The van der Waals surface area contributed by atoms with E-state index >= 15 is 0 Å². The van der Waals surface area contributed by atoms with Crippen molar-refractivity contribution in [1.29, 1.82) is 0 Å². The molecule has 1 heterocycles. The summed E-state index contributed by atoms with van der Waals surface area (Å²) in [6.07, 6.45) is 1.64. The van der Waals surface area contributed by atoms with Gasteiger partial charge in [0.15, 0.2) is 0 Å². The van der Waals surface area contributed by atoms with Gasteiger partial charge in [-0.1, -0.05) is 15.9 Å². The monoisotopic (exact) mass is 267 g/mol. The van der Waals surface area contributed by atoms with Crippen molar-refractivity contribution in [1.82, 2.24) is 4.57 Å². The normalized spacial score (nSPS) is 10.9. The number of benzene rings is 1. The van der Waals surface area contributed by atoms with Crippen LogP contribution in [0.2, 0.25) is 0 Å². The molecular weight excluding hydrogens is 258 g/mol. The van der Waals surface area contributed by atoms with Gasteiger partial charge in [-0.2, -0.15) is 0 Å². The van der Waals surface area contributed by atoms with Crippen LogP contribution in [0.25, 0.3) is 10.9 Å². The van der Waals surface area contributed by atoms with Crippen LogP contribution in [0, 0.1) is 6.92 Å². The molecule has 0 saturated heterocycles. The van der Waals surface area contributed by atoms with E-state index in [1.54, 1.807) is 6.20 Å². The zero-order valence-electron chi connectivity index (χ0n) is 8.41. The molecule has 1 aromatic heterocycles. The Kier molecular flexibility index (Phi) is 2.31. The maximum Gasteiger partial charge on any atom is 0.337 e. The summed E-state index contributed by atoms with van der Waals surface area (Å²) >= 11 is 3.41. The predicted molar refractivity (Wildman–Crippen MR) is 62.3 cm³/mol. The minimum atomic E-state index is -0.892. The fraction of sp³-hybridized carbons (Fsp3) is 0.182. The summed E-state index contributed by atoms with van der Waals surface area (Å²) in [4.78, 5) is 11.0. The van der Waals surface area contributed by atoms with Gasteiger partial charge in [0.25, 0.3) is 0 Å². The van der Waals surface area contributed by atoms with Crippen molar-refractivity contribution in [3.63, 3.8) is 0 Å². The largest absolute Gasteiger partial charge is 0.478 e. The van der Waals surface area contributed by atoms with Gasteiger partial charge in [-0.25, -0.2) is 4.79 Å². The molecule has 0 aliphatic rings. The van der Waals surface area contributed by atoms with E-state index in [2.05, 4.69) is 15.9 Å². The first-order valence-corrected chi connectivity index (χ1v) is 5.28. The zero-order chi connectivity index (χ0) is 11.2. The van der Waals surface area contributed by atoms with Crippen LogP contribution in [0.1, 0.15) is 15.9 Å². The molecule has 0 amide bonds. The summed E-state index contributed by atoms with van der Waals surface area (Å²) in [5.41, 5.74) is 2.38. The van der Waals surface area contributed by atoms with Gasteiger partial charge in [-0.3, -0.25) is 0 Å². The molecule has 0 atom stereocenters. The first kappa shape index (κ1) is 10.2. The molecule has 0 saturated carbocycles. The summed E-state index contributed by atoms with van der Waals surface area (Å²) in [5.74, 6) is -0.892. The van der Waals surface area contributed by atoms with E-state index in [1.165, 1.54) is 0 Å². The second-order valence-corrected chi connectivity index (χ2v) is 4.43. The van der Waals surface area contributed by atoms with Crippen LogP contribution in [-0.4, -0.2) is 15.6 Å². The van der Waals surface area contributed by atoms with Crippen LogP contribution < -0.4 is 0 Å². The number of carbonyl (C=O) groups is 1. The molecule has 0 radical (unpaired) electrons. The molecule has 1 aromatic carbocycles. The number of rotatable bonds is 1. The van der Waals surface area contributed by atoms with Crippen LogP contribution >= 0.6 is 15.9 Å². The molecule has 0 aliphatic carbocycles. The third-order valence-electron chi connectivity index (χ3n) is 2.50. The number of carboxylic acids is 1. The number of aryl methyl sites for hydroxylation is 2. The van der Waals surface area contributed by atoms with Crippen LogP contribution in [0.4, 0.5) is 0 Å². The van der Waals surface area contributed by atoms with Crippen LogP contribution in [0.15, 0.2) is 22.8 Å². The molecule has 4 heteroatoms. The second kappa shape index (κ2) is 3.38. The number of aromatic carboxylic acids is 1. The lowest BCUT2D eigenvalue weighted by atomic mass is 10.1. The average molecular weight is 268 g/mol. The first-order valence-electron chi connectivity index (χ1n) is 4.49. The van der Waals surface area contributed by atoms with E-state index in [0.29, 0.717) is 5.56 Å². The lowest BCUT2D eigenvalue weighted by Gasteiger charge is -2.00. The van der Waals surface area contributed by atoms with E-state index < -0.39 is 5.97 Å². The molecule has 1 N–H and O–H groups in total. The Balaban J connectivity index is 2.88. The van der Waals surface area contributed by atoms with Gasteiger partial charge in [0.05, 0.1) is 5.56 Å². The maximum absolute atomic E-state index is 11.0. The lowest BCUT2D eigenvalue weighted by molar-refractivity contribution is 0.0699. The Morgan fingerprint density at radius 2 is 2.13 bits per heavy atom. The summed E-state index contributed by atoms with van der Waals surface area (Å²) in [5, 5.41) is 9.79. The highest BCUT2D eigenvalue weighted by molar-refractivity contribution is 9.10. The van der Waals surface area contributed by atoms with Crippen molar-refractivity contribution in [2.45, 2.75) is 6.92 Å². The molecular formula is C11H10BrNO2. The van der Waals surface area contributed by atoms with Gasteiger partial charge in [0.1, 0.15) is 0 Å². The summed E-state index contributed by atoms with van der Waals surface area (Å²) in [6.45, 7) is 1.98. The highest BCUT2D eigenvalue weighted by atomic mass is 79.9. The Morgan fingerprint density at radius 1 is 1.47 bits per heavy atom. The smallest absolute Gasteiger partial charge is 0.337 e. The summed E-state index contributed by atoms with van der Waals surface area (Å²) in [6, 6.07) is 3.83. The third-order valence-corrected chi connectivity index (χ3v) is 3.35. The number of aromatic nitrogens is 1. The van der Waals surface area contributed by atoms with Crippen molar-refractivity contribution in [2.24, 2.45) is 7.05 Å². The van der Waals surface area contributed by atoms with E-state index in [-0.39, 0.29) is 0 Å². The molecule has 2 rings (SSSR count). The fourth-order valence-electron chi connectivity index (χ4n) is 1.68. The van der Waals surface area contributed by atoms with E-state index in [4.69, 9.17) is 5.11 Å². The molecule has 0 spiro atoms. The fourth-order valence-corrected chi connectivity index (χ4v) is 2.02. The van der Waals surface area contributed by atoms with Crippen LogP contribution in [0.5, 0.6) is 0 Å². The van der Waals surface area contributed by atoms with Gasteiger partial charge in [-0.15, -0.1) is 0 Å². The number of nitrogens with zero attached hydrogens (tertiary/aromatic N) is 1. The zero-order valence-corrected chi connectivity index (χ0v) is 10.00. The summed E-state index contributed by atoms with van der Waals surface area (Å²) < 4.78 is 2.77. The Hall–Kier alpha value is -1.29. The Bertz CT molecular complexity index is 557. The number of fused-ring (bicyclic) bond motifs is 1. The second-order valence-electron chi connectivity index (χ2n) is 3.58. The molecule has 3 nitrogen and oxygen atoms in total. The van der Waals surface area contributed by atoms with Crippen molar-refractivity contribution in [2.75, 3.05) is 0 Å². The highest BCUT2D eigenvalue weighted by Crippen LogP contribution is 2.27. The average Bonchev–Trinajstić information content (AvgIpc) is 2.45. The van der Waals surface area contributed by atoms with Crippen molar-refractivity contribution in [3.8, 4) is 0 Å². The molecule has 0 fully saturated rings. The molecule has 0 bridgehead atoms. The number of carboxylic acid groups (broad SMARTS) is 1. The molecule has 15 heavy (non-hydrogen) atoms. The topological polar surface area (TPSA) is 42.2 Å². The van der Waals surface area contributed by atoms with E-state index in [1.807, 2.05) is 30.7 Å². The van der Waals surface area contributed by atoms with Crippen LogP contribution in [0.3, 0.4) is 0 Å². The van der Waals surface area contributed by atoms with Crippen molar-refractivity contribution in [3.05, 3.63) is 33.9 Å². The van der Waals surface area contributed by atoms with Crippen LogP contribution in [-0.2, 0) is 7.05 Å². The Labute approximate surface area is 95.5 Å². The SMILES string of the molecule is Cc1cc2c(cc1Br)c(C(=O)O)cn2C. The van der Waals surface area contributed by atoms with Gasteiger partial charge in [0.2, 0.25) is 0 Å². The van der Waals surface area contributed by atoms with E-state index in [9.17, 15) is 4.79 Å². The van der Waals surface area contributed by atoms with Crippen molar-refractivity contribution < 1.29 is 9.90 Å². The number of halogens is 1. The van der Waals surface area contributed by atoms with Gasteiger partial charge in [0, 0.05) is 28.6 Å². The van der Waals surface area contributed by atoms with Gasteiger partial charge < -0.3 is 9.67 Å². The first-order chi connectivity index (χ1) is 7.00. The predicted octanol–water partition coefficient (Wildman–Crippen LogP) is 2.95. The quantitative estimate of drug-likeness (QED) is 0.863. The third kappa shape index (κ3) is 1.55. The highest BCUT2D eigenvalue weighted by Gasteiger charge is 2.13. The van der Waals surface area contributed by atoms with Crippen molar-refractivity contribution >= 4 is 32.8 Å². The molecule has 2 aromatic rings. The van der Waals surface area contributed by atoms with Gasteiger partial charge in [-0.05, 0) is 24.6 Å². The number of hydrogen-bond donors (Lipinski definition) is 1. The number of hydrogen-bond acceptors (Lipinski definition) is 1. The van der Waals surface area contributed by atoms with Gasteiger partial charge >= 0.3 is 5.97 Å². The molecule has 0 aliphatic heterocycles. The standard InChI is InChI=1S/C11H10BrNO2/c1-6-3-10-7(4-9(6)12)8(11(14)15)5-13(10)2/h3-5H,1-2H3,(H,14,15). The minimum absolute atomic E-state index is 0.341. The molecule has 78 valence electrons. The Morgan fingerprint density at radius 3 is 2.73 bits per heavy atom. The van der Waals surface area contributed by atoms with E-state index in [0.717, 1.165) is 20.9 Å².